The number of rotatable bonds is 8. The van der Waals surface area contributed by atoms with Gasteiger partial charge in [-0.2, -0.15) is 0 Å². The van der Waals surface area contributed by atoms with Gasteiger partial charge in [0.1, 0.15) is 6.04 Å². The van der Waals surface area contributed by atoms with Crippen LogP contribution in [-0.4, -0.2) is 44.7 Å². The van der Waals surface area contributed by atoms with Crippen molar-refractivity contribution in [2.24, 2.45) is 5.92 Å². The quantitative estimate of drug-likeness (QED) is 0.579. The third-order valence-electron chi connectivity index (χ3n) is 4.25. The molecule has 0 aromatic heterocycles. The molecule has 0 aliphatic heterocycles. The van der Waals surface area contributed by atoms with E-state index in [1.54, 1.807) is 50.2 Å². The second kappa shape index (κ2) is 10.8. The van der Waals surface area contributed by atoms with Crippen LogP contribution in [0.5, 0.6) is 0 Å². The number of hydrogen-bond acceptors (Lipinski definition) is 5. The van der Waals surface area contributed by atoms with Gasteiger partial charge in [0, 0.05) is 31.2 Å². The van der Waals surface area contributed by atoms with Crippen LogP contribution in [0.15, 0.2) is 54.6 Å². The molecule has 3 N–H and O–H groups in total. The van der Waals surface area contributed by atoms with Gasteiger partial charge in [0.05, 0.1) is 0 Å². The molecule has 0 heterocycles. The number of benzene rings is 2. The molecule has 0 spiro atoms. The maximum atomic E-state index is 12.4. The average Bonchev–Trinajstić information content (AvgIpc) is 2.71. The third kappa shape index (κ3) is 7.12. The van der Waals surface area contributed by atoms with E-state index >= 15 is 0 Å². The fraction of sp³-hybridized carbons (Fsp3) is 0.318. The van der Waals surface area contributed by atoms with Gasteiger partial charge in [-0.3, -0.25) is 4.79 Å². The van der Waals surface area contributed by atoms with Crippen LogP contribution in [0.3, 0.4) is 0 Å². The zero-order chi connectivity index (χ0) is 22.1. The first-order valence-electron chi connectivity index (χ1n) is 9.62. The average molecular weight is 412 g/mol. The lowest BCUT2D eigenvalue weighted by Crippen LogP contribution is -2.47. The number of ether oxygens (including phenoxy) is 1. The molecule has 0 fully saturated rings. The lowest BCUT2D eigenvalue weighted by molar-refractivity contribution is -0.150. The summed E-state index contributed by atoms with van der Waals surface area (Å²) < 4.78 is 5.11. The van der Waals surface area contributed by atoms with Crippen LogP contribution in [0.2, 0.25) is 0 Å². The SMILES string of the molecule is CC(C)[C@H](NC(=O)Nc1ccccc1)C(=O)OCC(=O)Nc1ccc(N(C)C)cc1. The number of urea groups is 1. The highest BCUT2D eigenvalue weighted by molar-refractivity contribution is 5.95. The number of para-hydroxylation sites is 1. The Bertz CT molecular complexity index is 851. The molecule has 0 bridgehead atoms. The van der Waals surface area contributed by atoms with Crippen LogP contribution in [0.1, 0.15) is 13.8 Å². The molecule has 0 saturated carbocycles. The van der Waals surface area contributed by atoms with E-state index in [1.165, 1.54) is 0 Å². The van der Waals surface area contributed by atoms with Crippen LogP contribution < -0.4 is 20.9 Å². The normalized spacial score (nSPS) is 11.4. The first-order valence-corrected chi connectivity index (χ1v) is 9.62. The fourth-order valence-electron chi connectivity index (χ4n) is 2.59. The maximum Gasteiger partial charge on any atom is 0.329 e. The first kappa shape index (κ1) is 22.7. The Kier molecular flexibility index (Phi) is 8.22. The molecule has 2 rings (SSSR count). The lowest BCUT2D eigenvalue weighted by atomic mass is 10.1. The number of esters is 1. The zero-order valence-electron chi connectivity index (χ0n) is 17.6. The Morgan fingerprint density at radius 2 is 1.50 bits per heavy atom. The molecule has 30 heavy (non-hydrogen) atoms. The highest BCUT2D eigenvalue weighted by atomic mass is 16.5. The summed E-state index contributed by atoms with van der Waals surface area (Å²) in [6.07, 6.45) is 0. The predicted octanol–water partition coefficient (Wildman–Crippen LogP) is 3.08. The van der Waals surface area contributed by atoms with Gasteiger partial charge >= 0.3 is 12.0 Å². The van der Waals surface area contributed by atoms with Crippen molar-refractivity contribution in [2.75, 3.05) is 36.2 Å². The molecule has 160 valence electrons. The summed E-state index contributed by atoms with van der Waals surface area (Å²) >= 11 is 0. The predicted molar refractivity (Wildman–Crippen MR) is 118 cm³/mol. The molecule has 8 nitrogen and oxygen atoms in total. The van der Waals surface area contributed by atoms with Gasteiger partial charge in [0.25, 0.3) is 5.91 Å². The summed E-state index contributed by atoms with van der Waals surface area (Å²) in [4.78, 5) is 38.6. The minimum absolute atomic E-state index is 0.222. The third-order valence-corrected chi connectivity index (χ3v) is 4.25. The number of anilines is 3. The van der Waals surface area contributed by atoms with Crippen LogP contribution in [-0.2, 0) is 14.3 Å². The molecule has 2 aromatic carbocycles. The van der Waals surface area contributed by atoms with Crippen LogP contribution in [0.25, 0.3) is 0 Å². The minimum atomic E-state index is -0.888. The van der Waals surface area contributed by atoms with E-state index in [1.807, 2.05) is 37.2 Å². The van der Waals surface area contributed by atoms with Gasteiger partial charge in [0.15, 0.2) is 6.61 Å². The van der Waals surface area contributed by atoms with Crippen molar-refractivity contribution >= 4 is 35.0 Å². The number of amides is 3. The van der Waals surface area contributed by atoms with E-state index in [4.69, 9.17) is 4.74 Å². The Labute approximate surface area is 176 Å². The van der Waals surface area contributed by atoms with Crippen molar-refractivity contribution in [2.45, 2.75) is 19.9 Å². The Morgan fingerprint density at radius 1 is 0.900 bits per heavy atom. The van der Waals surface area contributed by atoms with Gasteiger partial charge in [-0.15, -0.1) is 0 Å². The summed E-state index contributed by atoms with van der Waals surface area (Å²) in [7, 11) is 3.85. The summed E-state index contributed by atoms with van der Waals surface area (Å²) in [6, 6.07) is 14.7. The zero-order valence-corrected chi connectivity index (χ0v) is 17.6. The van der Waals surface area contributed by atoms with Gasteiger partial charge < -0.3 is 25.6 Å². The van der Waals surface area contributed by atoms with Crippen molar-refractivity contribution in [3.8, 4) is 0 Å². The standard InChI is InChI=1S/C22H28N4O4/c1-15(2)20(25-22(29)24-16-8-6-5-7-9-16)21(28)30-14-19(27)23-17-10-12-18(13-11-17)26(3)4/h5-13,15,20H,14H2,1-4H3,(H,23,27)(H2,24,25,29)/t20-/m0/s1. The van der Waals surface area contributed by atoms with E-state index in [-0.39, 0.29) is 5.92 Å². The number of nitrogens with one attached hydrogen (secondary N) is 3. The van der Waals surface area contributed by atoms with E-state index in [0.717, 1.165) is 5.69 Å². The van der Waals surface area contributed by atoms with Gasteiger partial charge in [-0.1, -0.05) is 32.0 Å². The number of hydrogen-bond donors (Lipinski definition) is 3. The summed E-state index contributed by atoms with van der Waals surface area (Å²) in [5, 5.41) is 7.92. The largest absolute Gasteiger partial charge is 0.454 e. The number of carbonyl (C=O) groups excluding carboxylic acids is 3. The van der Waals surface area contributed by atoms with Crippen molar-refractivity contribution in [1.82, 2.24) is 5.32 Å². The molecule has 0 aliphatic carbocycles. The molecule has 1 atom stereocenters. The highest BCUT2D eigenvalue weighted by Crippen LogP contribution is 2.15. The highest BCUT2D eigenvalue weighted by Gasteiger charge is 2.26. The Morgan fingerprint density at radius 3 is 2.07 bits per heavy atom. The van der Waals surface area contributed by atoms with Crippen molar-refractivity contribution in [3.63, 3.8) is 0 Å². The molecule has 0 saturated heterocycles. The van der Waals surface area contributed by atoms with Crippen molar-refractivity contribution in [3.05, 3.63) is 54.6 Å². The lowest BCUT2D eigenvalue weighted by Gasteiger charge is -2.21. The summed E-state index contributed by atoms with van der Waals surface area (Å²) in [6.45, 7) is 3.11. The van der Waals surface area contributed by atoms with Crippen molar-refractivity contribution < 1.29 is 19.1 Å². The van der Waals surface area contributed by atoms with E-state index in [0.29, 0.717) is 11.4 Å². The van der Waals surface area contributed by atoms with Gasteiger partial charge in [0.2, 0.25) is 0 Å². The van der Waals surface area contributed by atoms with Crippen LogP contribution in [0, 0.1) is 5.92 Å². The van der Waals surface area contributed by atoms with E-state index in [9.17, 15) is 14.4 Å². The Hall–Kier alpha value is -3.55. The first-order chi connectivity index (χ1) is 14.3. The van der Waals surface area contributed by atoms with E-state index < -0.39 is 30.6 Å². The van der Waals surface area contributed by atoms with Crippen molar-refractivity contribution in [1.29, 1.82) is 0 Å². The Balaban J connectivity index is 1.85. The van der Waals surface area contributed by atoms with Crippen LogP contribution >= 0.6 is 0 Å². The van der Waals surface area contributed by atoms with Gasteiger partial charge in [-0.05, 0) is 42.3 Å². The molecule has 0 radical (unpaired) electrons. The summed E-state index contributed by atoms with van der Waals surface area (Å²) in [5.41, 5.74) is 2.20. The molecule has 2 aromatic rings. The molecular formula is C22H28N4O4. The number of carbonyl (C=O) groups is 3. The fourth-order valence-corrected chi connectivity index (χ4v) is 2.59. The molecule has 3 amide bonds. The summed E-state index contributed by atoms with van der Waals surface area (Å²) in [5.74, 6) is -1.36. The van der Waals surface area contributed by atoms with E-state index in [2.05, 4.69) is 16.0 Å². The molecule has 0 unspecified atom stereocenters. The second-order valence-corrected chi connectivity index (χ2v) is 7.28. The topological polar surface area (TPSA) is 99.8 Å². The number of nitrogens with zero attached hydrogens (tertiary/aromatic N) is 1. The maximum absolute atomic E-state index is 12.4. The van der Waals surface area contributed by atoms with Crippen LogP contribution in [0.4, 0.5) is 21.9 Å². The molecule has 0 aliphatic rings. The molecule has 8 heteroatoms. The monoisotopic (exact) mass is 412 g/mol. The van der Waals surface area contributed by atoms with Gasteiger partial charge in [-0.25, -0.2) is 9.59 Å². The second-order valence-electron chi connectivity index (χ2n) is 7.28. The smallest absolute Gasteiger partial charge is 0.329 e. The minimum Gasteiger partial charge on any atom is -0.454 e. The molecular weight excluding hydrogens is 384 g/mol.